The molecule has 2 aliphatic rings. The normalized spacial score (nSPS) is 16.8. The van der Waals surface area contributed by atoms with Gasteiger partial charge in [-0.05, 0) is 65.6 Å². The number of benzene rings is 3. The minimum atomic E-state index is -0.966. The molecule has 43 heavy (non-hydrogen) atoms. The molecule has 220 valence electrons. The van der Waals surface area contributed by atoms with Gasteiger partial charge >= 0.3 is 5.97 Å². The predicted molar refractivity (Wildman–Crippen MR) is 171 cm³/mol. The number of fused-ring (bicyclic) bond motifs is 1. The Balaban J connectivity index is 1.20. The average Bonchev–Trinajstić information content (AvgIpc) is 3.60. The molecule has 1 amide bonds. The molecule has 11 heteroatoms. The third kappa shape index (κ3) is 6.80. The number of nitrogens with zero attached hydrogens (tertiary/aromatic N) is 3. The highest BCUT2D eigenvalue weighted by atomic mass is 32.2. The number of amides is 1. The molecular weight excluding hydrogens is 585 g/mol. The van der Waals surface area contributed by atoms with Crippen LogP contribution in [0.2, 0.25) is 0 Å². The van der Waals surface area contributed by atoms with Crippen molar-refractivity contribution >= 4 is 57.3 Å². The Morgan fingerprint density at radius 3 is 2.70 bits per heavy atom. The first-order valence-corrected chi connectivity index (χ1v) is 15.3. The summed E-state index contributed by atoms with van der Waals surface area (Å²) in [6.07, 6.45) is 4.12. The van der Waals surface area contributed by atoms with Gasteiger partial charge in [-0.25, -0.2) is 9.78 Å². The van der Waals surface area contributed by atoms with Gasteiger partial charge < -0.3 is 19.6 Å². The lowest BCUT2D eigenvalue weighted by molar-refractivity contribution is -0.122. The van der Waals surface area contributed by atoms with Gasteiger partial charge in [0.25, 0.3) is 5.91 Å². The largest absolute Gasteiger partial charge is 0.492 e. The van der Waals surface area contributed by atoms with Crippen LogP contribution in [-0.2, 0) is 16.0 Å². The first kappa shape index (κ1) is 29.1. The molecule has 6 rings (SSSR count). The van der Waals surface area contributed by atoms with Crippen molar-refractivity contribution in [1.82, 2.24) is 19.8 Å². The van der Waals surface area contributed by atoms with Crippen LogP contribution in [0.25, 0.3) is 28.2 Å². The molecule has 2 saturated heterocycles. The van der Waals surface area contributed by atoms with Gasteiger partial charge in [0.2, 0.25) is 0 Å². The highest BCUT2D eigenvalue weighted by Crippen LogP contribution is 2.36. The van der Waals surface area contributed by atoms with E-state index in [-0.39, 0.29) is 11.5 Å². The number of rotatable bonds is 10. The van der Waals surface area contributed by atoms with E-state index in [2.05, 4.69) is 20.9 Å². The lowest BCUT2D eigenvalue weighted by Crippen LogP contribution is -2.38. The first-order valence-electron chi connectivity index (χ1n) is 14.0. The minimum absolute atomic E-state index is 0.136. The maximum absolute atomic E-state index is 13.3. The molecule has 3 aromatic carbocycles. The molecule has 0 bridgehead atoms. The van der Waals surface area contributed by atoms with Gasteiger partial charge in [0.15, 0.2) is 0 Å². The highest BCUT2D eigenvalue weighted by molar-refractivity contribution is 8.26. The number of aromatic nitrogens is 2. The summed E-state index contributed by atoms with van der Waals surface area (Å²) >= 11 is 6.84. The molecule has 2 fully saturated rings. The number of aromatic carboxylic acids is 1. The van der Waals surface area contributed by atoms with E-state index in [0.717, 1.165) is 71.9 Å². The molecule has 2 N–H and O–H groups in total. The maximum atomic E-state index is 13.3. The van der Waals surface area contributed by atoms with E-state index < -0.39 is 5.97 Å². The zero-order valence-corrected chi connectivity index (χ0v) is 25.0. The number of aromatic amines is 1. The van der Waals surface area contributed by atoms with E-state index in [0.29, 0.717) is 28.8 Å². The SMILES string of the molecule is O=C(O)c1ccc(CCN2C(=O)C(=Cc3ccc(OCCN4CCOCC4)c(-c4ccc5nc[nH]c5c4)c3)SC2=S)cc1. The van der Waals surface area contributed by atoms with Crippen LogP contribution in [0.3, 0.4) is 0 Å². The summed E-state index contributed by atoms with van der Waals surface area (Å²) in [5, 5.41) is 9.12. The van der Waals surface area contributed by atoms with Gasteiger partial charge in [-0.1, -0.05) is 48.2 Å². The molecule has 0 atom stereocenters. The summed E-state index contributed by atoms with van der Waals surface area (Å²) in [4.78, 5) is 36.5. The van der Waals surface area contributed by atoms with Crippen molar-refractivity contribution in [2.24, 2.45) is 0 Å². The molecule has 0 radical (unpaired) electrons. The van der Waals surface area contributed by atoms with Crippen LogP contribution in [0.5, 0.6) is 5.75 Å². The number of hydrogen-bond donors (Lipinski definition) is 2. The highest BCUT2D eigenvalue weighted by Gasteiger charge is 2.31. The fourth-order valence-electron chi connectivity index (χ4n) is 5.10. The number of imidazole rings is 1. The topological polar surface area (TPSA) is 108 Å². The molecule has 3 heterocycles. The molecule has 9 nitrogen and oxygen atoms in total. The number of carboxylic acid groups (broad SMARTS) is 1. The fraction of sp³-hybridized carbons (Fsp3) is 0.250. The number of carboxylic acids is 1. The Bertz CT molecular complexity index is 1700. The Kier molecular flexibility index (Phi) is 8.85. The standard InChI is InChI=1S/C32H30N4O5S2/c37-30-29(43-32(42)36(30)10-9-21-1-4-23(5-2-21)31(38)39)18-22-3-8-28(41-16-13-35-11-14-40-15-12-35)25(17-22)24-6-7-26-27(19-24)34-20-33-26/h1-8,17-20H,9-16H2,(H,33,34)(H,38,39). The Morgan fingerprint density at radius 2 is 1.91 bits per heavy atom. The Morgan fingerprint density at radius 1 is 1.09 bits per heavy atom. The van der Waals surface area contributed by atoms with Crippen LogP contribution >= 0.6 is 24.0 Å². The van der Waals surface area contributed by atoms with Crippen molar-refractivity contribution in [3.05, 3.63) is 88.6 Å². The lowest BCUT2D eigenvalue weighted by Gasteiger charge is -2.26. The van der Waals surface area contributed by atoms with E-state index in [1.54, 1.807) is 35.5 Å². The molecule has 2 aliphatic heterocycles. The molecular formula is C32H30N4O5S2. The van der Waals surface area contributed by atoms with E-state index in [4.69, 9.17) is 26.8 Å². The van der Waals surface area contributed by atoms with Crippen molar-refractivity contribution in [3.8, 4) is 16.9 Å². The third-order valence-corrected chi connectivity index (χ3v) is 8.88. The second-order valence-electron chi connectivity index (χ2n) is 10.3. The van der Waals surface area contributed by atoms with Crippen molar-refractivity contribution in [2.75, 3.05) is 46.0 Å². The first-order chi connectivity index (χ1) is 20.9. The maximum Gasteiger partial charge on any atom is 0.335 e. The number of nitrogens with one attached hydrogen (secondary N) is 1. The molecule has 1 aromatic heterocycles. The van der Waals surface area contributed by atoms with E-state index >= 15 is 0 Å². The summed E-state index contributed by atoms with van der Waals surface area (Å²) in [7, 11) is 0. The lowest BCUT2D eigenvalue weighted by atomic mass is 10.0. The van der Waals surface area contributed by atoms with Gasteiger partial charge in [0, 0.05) is 31.7 Å². The summed E-state index contributed by atoms with van der Waals surface area (Å²) in [5.74, 6) is -0.333. The number of carbonyl (C=O) groups excluding carboxylic acids is 1. The molecule has 0 spiro atoms. The zero-order chi connectivity index (χ0) is 29.8. The van der Waals surface area contributed by atoms with Crippen LogP contribution in [0.4, 0.5) is 0 Å². The smallest absolute Gasteiger partial charge is 0.335 e. The third-order valence-electron chi connectivity index (χ3n) is 7.50. The zero-order valence-electron chi connectivity index (χ0n) is 23.3. The summed E-state index contributed by atoms with van der Waals surface area (Å²) in [6, 6.07) is 18.7. The molecule has 0 saturated carbocycles. The van der Waals surface area contributed by atoms with Gasteiger partial charge in [-0.3, -0.25) is 14.6 Å². The van der Waals surface area contributed by atoms with E-state index in [1.165, 1.54) is 11.8 Å². The fourth-order valence-corrected chi connectivity index (χ4v) is 6.41. The van der Waals surface area contributed by atoms with Crippen molar-refractivity contribution < 1.29 is 24.2 Å². The number of ether oxygens (including phenoxy) is 2. The minimum Gasteiger partial charge on any atom is -0.492 e. The quantitative estimate of drug-likeness (QED) is 0.187. The van der Waals surface area contributed by atoms with Gasteiger partial charge in [0.05, 0.1) is 41.0 Å². The second-order valence-corrected chi connectivity index (χ2v) is 12.0. The number of carbonyl (C=O) groups is 2. The molecule has 4 aromatic rings. The van der Waals surface area contributed by atoms with Gasteiger partial charge in [0.1, 0.15) is 16.7 Å². The van der Waals surface area contributed by atoms with Crippen LogP contribution in [0.15, 0.2) is 71.9 Å². The van der Waals surface area contributed by atoms with Gasteiger partial charge in [-0.15, -0.1) is 0 Å². The predicted octanol–water partition coefficient (Wildman–Crippen LogP) is 5.08. The molecule has 0 unspecified atom stereocenters. The number of hydrogen-bond acceptors (Lipinski definition) is 8. The van der Waals surface area contributed by atoms with Crippen LogP contribution in [-0.4, -0.2) is 87.1 Å². The number of thioether (sulfide) groups is 1. The Hall–Kier alpha value is -4.03. The summed E-state index contributed by atoms with van der Waals surface area (Å²) < 4.78 is 12.3. The van der Waals surface area contributed by atoms with E-state index in [9.17, 15) is 9.59 Å². The number of thiocarbonyl (C=S) groups is 1. The Labute approximate surface area is 258 Å². The van der Waals surface area contributed by atoms with Gasteiger partial charge in [-0.2, -0.15) is 0 Å². The summed E-state index contributed by atoms with van der Waals surface area (Å²) in [5.41, 5.74) is 5.75. The monoisotopic (exact) mass is 614 g/mol. The van der Waals surface area contributed by atoms with Crippen LogP contribution < -0.4 is 4.74 Å². The number of morpholine rings is 1. The average molecular weight is 615 g/mol. The van der Waals surface area contributed by atoms with E-state index in [1.807, 2.05) is 36.4 Å². The van der Waals surface area contributed by atoms with Crippen molar-refractivity contribution in [1.29, 1.82) is 0 Å². The molecule has 0 aliphatic carbocycles. The summed E-state index contributed by atoms with van der Waals surface area (Å²) in [6.45, 7) is 5.08. The number of H-pyrrole nitrogens is 1. The van der Waals surface area contributed by atoms with Crippen LogP contribution in [0.1, 0.15) is 21.5 Å². The van der Waals surface area contributed by atoms with Crippen molar-refractivity contribution in [3.63, 3.8) is 0 Å². The van der Waals surface area contributed by atoms with Crippen LogP contribution in [0, 0.1) is 0 Å². The second kappa shape index (κ2) is 13.1. The van der Waals surface area contributed by atoms with Crippen molar-refractivity contribution in [2.45, 2.75) is 6.42 Å².